The first-order valence-corrected chi connectivity index (χ1v) is 5.63. The fourth-order valence-corrected chi connectivity index (χ4v) is 1.43. The number of hydrogen-bond donors (Lipinski definition) is 2. The van der Waals surface area contributed by atoms with Gasteiger partial charge in [0.1, 0.15) is 0 Å². The predicted molar refractivity (Wildman–Crippen MR) is 59.1 cm³/mol. The van der Waals surface area contributed by atoms with Crippen molar-refractivity contribution in [3.63, 3.8) is 0 Å². The summed E-state index contributed by atoms with van der Waals surface area (Å²) in [4.78, 5) is 16.7. The lowest BCUT2D eigenvalue weighted by molar-refractivity contribution is -0.142. The SMILES string of the molecule is CC(C)(C)C(=O)NOCC1CCNCC1. The van der Waals surface area contributed by atoms with Gasteiger partial charge in [-0.3, -0.25) is 9.63 Å². The van der Waals surface area contributed by atoms with E-state index in [1.54, 1.807) is 0 Å². The summed E-state index contributed by atoms with van der Waals surface area (Å²) in [5.41, 5.74) is 2.13. The lowest BCUT2D eigenvalue weighted by Crippen LogP contribution is -2.37. The summed E-state index contributed by atoms with van der Waals surface area (Å²) in [5.74, 6) is 0.517. The number of hydrogen-bond acceptors (Lipinski definition) is 3. The highest BCUT2D eigenvalue weighted by molar-refractivity contribution is 5.80. The zero-order valence-electron chi connectivity index (χ0n) is 9.93. The Labute approximate surface area is 91.7 Å². The average molecular weight is 214 g/mol. The van der Waals surface area contributed by atoms with E-state index >= 15 is 0 Å². The molecule has 0 aromatic heterocycles. The molecule has 0 aliphatic carbocycles. The molecule has 0 atom stereocenters. The van der Waals surface area contributed by atoms with Crippen LogP contribution < -0.4 is 10.8 Å². The van der Waals surface area contributed by atoms with Crippen molar-refractivity contribution < 1.29 is 9.63 Å². The minimum absolute atomic E-state index is 0.0589. The minimum Gasteiger partial charge on any atom is -0.317 e. The van der Waals surface area contributed by atoms with Gasteiger partial charge < -0.3 is 5.32 Å². The largest absolute Gasteiger partial charge is 0.317 e. The molecule has 0 radical (unpaired) electrons. The Kier molecular flexibility index (Phi) is 4.54. The van der Waals surface area contributed by atoms with E-state index in [2.05, 4.69) is 10.8 Å². The molecule has 1 saturated heterocycles. The Morgan fingerprint density at radius 1 is 1.40 bits per heavy atom. The van der Waals surface area contributed by atoms with Crippen molar-refractivity contribution in [2.45, 2.75) is 33.6 Å². The Morgan fingerprint density at radius 2 is 2.00 bits per heavy atom. The fourth-order valence-electron chi connectivity index (χ4n) is 1.43. The molecular weight excluding hydrogens is 192 g/mol. The Hall–Kier alpha value is -0.610. The molecule has 4 heteroatoms. The second-order valence-corrected chi connectivity index (χ2v) is 5.19. The molecule has 1 fully saturated rings. The Balaban J connectivity index is 2.12. The smallest absolute Gasteiger partial charge is 0.248 e. The molecule has 1 aliphatic heterocycles. The van der Waals surface area contributed by atoms with Gasteiger partial charge in [0, 0.05) is 5.41 Å². The highest BCUT2D eigenvalue weighted by Crippen LogP contribution is 2.14. The number of carbonyl (C=O) groups excluding carboxylic acids is 1. The van der Waals surface area contributed by atoms with Gasteiger partial charge in [0.2, 0.25) is 5.91 Å². The molecule has 4 nitrogen and oxygen atoms in total. The number of amides is 1. The van der Waals surface area contributed by atoms with E-state index in [1.165, 1.54) is 0 Å². The van der Waals surface area contributed by atoms with Gasteiger partial charge in [-0.2, -0.15) is 0 Å². The zero-order valence-corrected chi connectivity index (χ0v) is 9.93. The van der Waals surface area contributed by atoms with Crippen LogP contribution in [0.3, 0.4) is 0 Å². The quantitative estimate of drug-likeness (QED) is 0.691. The van der Waals surface area contributed by atoms with Gasteiger partial charge >= 0.3 is 0 Å². The van der Waals surface area contributed by atoms with Gasteiger partial charge in [-0.15, -0.1) is 0 Å². The van der Waals surface area contributed by atoms with Crippen LogP contribution in [-0.2, 0) is 9.63 Å². The molecule has 1 rings (SSSR count). The number of nitrogens with one attached hydrogen (secondary N) is 2. The summed E-state index contributed by atoms with van der Waals surface area (Å²) in [6.07, 6.45) is 2.26. The number of carbonyl (C=O) groups is 1. The molecule has 0 saturated carbocycles. The molecule has 88 valence electrons. The summed E-state index contributed by atoms with van der Waals surface area (Å²) in [6, 6.07) is 0. The maximum Gasteiger partial charge on any atom is 0.248 e. The maximum absolute atomic E-state index is 11.5. The third kappa shape index (κ3) is 4.62. The van der Waals surface area contributed by atoms with Crippen LogP contribution in [0.15, 0.2) is 0 Å². The first kappa shape index (κ1) is 12.5. The number of hydroxylamine groups is 1. The lowest BCUT2D eigenvalue weighted by atomic mass is 9.96. The van der Waals surface area contributed by atoms with E-state index in [9.17, 15) is 4.79 Å². The van der Waals surface area contributed by atoms with E-state index < -0.39 is 0 Å². The molecule has 1 amide bonds. The third-order valence-corrected chi connectivity index (χ3v) is 2.62. The van der Waals surface area contributed by atoms with E-state index in [4.69, 9.17) is 4.84 Å². The van der Waals surface area contributed by atoms with Gasteiger partial charge in [0.05, 0.1) is 6.61 Å². The fraction of sp³-hybridized carbons (Fsp3) is 0.909. The number of piperidine rings is 1. The van der Waals surface area contributed by atoms with Gasteiger partial charge in [-0.1, -0.05) is 20.8 Å². The molecule has 1 aliphatic rings. The molecule has 0 bridgehead atoms. The first-order valence-electron chi connectivity index (χ1n) is 5.63. The van der Waals surface area contributed by atoms with Crippen LogP contribution >= 0.6 is 0 Å². The molecule has 1 heterocycles. The molecular formula is C11H22N2O2. The standard InChI is InChI=1S/C11H22N2O2/c1-11(2,3)10(14)13-15-8-9-4-6-12-7-5-9/h9,12H,4-8H2,1-3H3,(H,13,14). The van der Waals surface area contributed by atoms with E-state index in [-0.39, 0.29) is 11.3 Å². The normalized spacial score (nSPS) is 18.9. The first-order chi connectivity index (χ1) is 7.00. The second-order valence-electron chi connectivity index (χ2n) is 5.19. The van der Waals surface area contributed by atoms with E-state index in [0.29, 0.717) is 12.5 Å². The van der Waals surface area contributed by atoms with Crippen LogP contribution in [0.25, 0.3) is 0 Å². The van der Waals surface area contributed by atoms with Crippen LogP contribution in [0, 0.1) is 11.3 Å². The summed E-state index contributed by atoms with van der Waals surface area (Å²) in [6.45, 7) is 8.36. The van der Waals surface area contributed by atoms with Gasteiger partial charge in [-0.05, 0) is 31.8 Å². The van der Waals surface area contributed by atoms with Crippen LogP contribution in [0.4, 0.5) is 0 Å². The summed E-state index contributed by atoms with van der Waals surface area (Å²) in [7, 11) is 0. The molecule has 0 aromatic carbocycles. The maximum atomic E-state index is 11.5. The van der Waals surface area contributed by atoms with E-state index in [0.717, 1.165) is 25.9 Å². The average Bonchev–Trinajstić information content (AvgIpc) is 2.18. The van der Waals surface area contributed by atoms with Gasteiger partial charge in [-0.25, -0.2) is 5.48 Å². The summed E-state index contributed by atoms with van der Waals surface area (Å²) < 4.78 is 0. The highest BCUT2D eigenvalue weighted by Gasteiger charge is 2.21. The second kappa shape index (κ2) is 5.47. The molecule has 0 unspecified atom stereocenters. The Bertz CT molecular complexity index is 205. The van der Waals surface area contributed by atoms with Crippen LogP contribution in [-0.4, -0.2) is 25.6 Å². The summed E-state index contributed by atoms with van der Waals surface area (Å²) >= 11 is 0. The topological polar surface area (TPSA) is 50.4 Å². The van der Waals surface area contributed by atoms with Gasteiger partial charge in [0.25, 0.3) is 0 Å². The molecule has 0 spiro atoms. The Morgan fingerprint density at radius 3 is 2.53 bits per heavy atom. The monoisotopic (exact) mass is 214 g/mol. The van der Waals surface area contributed by atoms with Crippen molar-refractivity contribution >= 4 is 5.91 Å². The van der Waals surface area contributed by atoms with Crippen LogP contribution in [0.2, 0.25) is 0 Å². The highest BCUT2D eigenvalue weighted by atomic mass is 16.7. The van der Waals surface area contributed by atoms with Crippen LogP contribution in [0.5, 0.6) is 0 Å². The van der Waals surface area contributed by atoms with Crippen molar-refractivity contribution in [2.75, 3.05) is 19.7 Å². The minimum atomic E-state index is -0.381. The molecule has 15 heavy (non-hydrogen) atoms. The third-order valence-electron chi connectivity index (χ3n) is 2.62. The lowest BCUT2D eigenvalue weighted by Gasteiger charge is -2.23. The van der Waals surface area contributed by atoms with Crippen molar-refractivity contribution in [1.82, 2.24) is 10.8 Å². The number of rotatable bonds is 3. The van der Waals surface area contributed by atoms with Crippen molar-refractivity contribution in [3.8, 4) is 0 Å². The predicted octanol–water partition coefficient (Wildman–Crippen LogP) is 1.08. The van der Waals surface area contributed by atoms with Crippen molar-refractivity contribution in [1.29, 1.82) is 0 Å². The van der Waals surface area contributed by atoms with E-state index in [1.807, 2.05) is 20.8 Å². The summed E-state index contributed by atoms with van der Waals surface area (Å²) in [5, 5.41) is 3.30. The molecule has 2 N–H and O–H groups in total. The van der Waals surface area contributed by atoms with Crippen LogP contribution in [0.1, 0.15) is 33.6 Å². The van der Waals surface area contributed by atoms with Crippen molar-refractivity contribution in [2.24, 2.45) is 11.3 Å². The zero-order chi connectivity index (χ0) is 11.3. The molecule has 0 aromatic rings. The van der Waals surface area contributed by atoms with Crippen molar-refractivity contribution in [3.05, 3.63) is 0 Å². The van der Waals surface area contributed by atoms with Gasteiger partial charge in [0.15, 0.2) is 0 Å².